The van der Waals surface area contributed by atoms with Crippen molar-refractivity contribution >= 4 is 11.6 Å². The largest absolute Gasteiger partial charge is 0.377 e. The molecule has 1 heterocycles. The zero-order valence-electron chi connectivity index (χ0n) is 13.4. The molecule has 0 saturated heterocycles. The second kappa shape index (κ2) is 8.74. The molecule has 0 bridgehead atoms. The van der Waals surface area contributed by atoms with Crippen LogP contribution in [-0.4, -0.2) is 42.8 Å². The van der Waals surface area contributed by atoms with Gasteiger partial charge < -0.3 is 15.0 Å². The van der Waals surface area contributed by atoms with Crippen LogP contribution in [0.3, 0.4) is 0 Å². The van der Waals surface area contributed by atoms with E-state index in [-0.39, 0.29) is 6.10 Å². The van der Waals surface area contributed by atoms with Gasteiger partial charge in [-0.25, -0.2) is 9.97 Å². The third kappa shape index (κ3) is 5.74. The fourth-order valence-electron chi connectivity index (χ4n) is 1.83. The standard InChI is InChI=1S/C15H28N4O/c1-6-8-13-17-14(16-7-2)11-15(18-13)19(5)9-10-20-12(3)4/h11-12H,6-10H2,1-5H3,(H,16,17,18). The number of nitrogens with one attached hydrogen (secondary N) is 1. The maximum Gasteiger partial charge on any atom is 0.134 e. The van der Waals surface area contributed by atoms with E-state index in [1.54, 1.807) is 0 Å². The quantitative estimate of drug-likeness (QED) is 0.753. The Kier molecular flexibility index (Phi) is 7.30. The molecule has 5 heteroatoms. The fraction of sp³-hybridized carbons (Fsp3) is 0.733. The molecule has 114 valence electrons. The van der Waals surface area contributed by atoms with Gasteiger partial charge in [0.15, 0.2) is 0 Å². The van der Waals surface area contributed by atoms with Crippen LogP contribution in [0.25, 0.3) is 0 Å². The summed E-state index contributed by atoms with van der Waals surface area (Å²) in [4.78, 5) is 11.3. The van der Waals surface area contributed by atoms with E-state index in [1.165, 1.54) is 0 Å². The van der Waals surface area contributed by atoms with Crippen molar-refractivity contribution in [2.24, 2.45) is 0 Å². The van der Waals surface area contributed by atoms with Gasteiger partial charge in [-0.3, -0.25) is 0 Å². The maximum atomic E-state index is 5.59. The van der Waals surface area contributed by atoms with Crippen molar-refractivity contribution in [2.75, 3.05) is 37.0 Å². The lowest BCUT2D eigenvalue weighted by Gasteiger charge is -2.20. The van der Waals surface area contributed by atoms with Gasteiger partial charge in [0, 0.05) is 32.6 Å². The first-order valence-corrected chi connectivity index (χ1v) is 7.51. The van der Waals surface area contributed by atoms with E-state index >= 15 is 0 Å². The number of hydrogen-bond donors (Lipinski definition) is 1. The highest BCUT2D eigenvalue weighted by molar-refractivity contribution is 5.49. The van der Waals surface area contributed by atoms with Crippen LogP contribution in [0.15, 0.2) is 6.07 Å². The monoisotopic (exact) mass is 280 g/mol. The summed E-state index contributed by atoms with van der Waals surface area (Å²) in [6, 6.07) is 2.00. The Bertz CT molecular complexity index is 371. The van der Waals surface area contributed by atoms with Crippen molar-refractivity contribution < 1.29 is 4.74 Å². The van der Waals surface area contributed by atoms with E-state index in [1.807, 2.05) is 27.0 Å². The first-order chi connectivity index (χ1) is 9.56. The van der Waals surface area contributed by atoms with Crippen LogP contribution in [0.5, 0.6) is 0 Å². The molecule has 1 rings (SSSR count). The molecule has 0 amide bonds. The van der Waals surface area contributed by atoms with Gasteiger partial charge >= 0.3 is 0 Å². The summed E-state index contributed by atoms with van der Waals surface area (Å²) in [5, 5.41) is 3.27. The molecule has 5 nitrogen and oxygen atoms in total. The van der Waals surface area contributed by atoms with E-state index < -0.39 is 0 Å². The van der Waals surface area contributed by atoms with Crippen LogP contribution in [0, 0.1) is 0 Å². The summed E-state index contributed by atoms with van der Waals surface area (Å²) < 4.78 is 5.59. The lowest BCUT2D eigenvalue weighted by molar-refractivity contribution is 0.0845. The number of likely N-dealkylation sites (N-methyl/N-ethyl adjacent to an activating group) is 1. The molecule has 0 aliphatic rings. The first-order valence-electron chi connectivity index (χ1n) is 7.51. The van der Waals surface area contributed by atoms with E-state index in [9.17, 15) is 0 Å². The zero-order chi connectivity index (χ0) is 15.0. The van der Waals surface area contributed by atoms with Gasteiger partial charge in [-0.2, -0.15) is 0 Å². The number of nitrogens with zero attached hydrogens (tertiary/aromatic N) is 3. The molecule has 0 radical (unpaired) electrons. The Hall–Kier alpha value is -1.36. The molecular weight excluding hydrogens is 252 g/mol. The van der Waals surface area contributed by atoms with E-state index in [0.717, 1.165) is 43.4 Å². The van der Waals surface area contributed by atoms with E-state index in [4.69, 9.17) is 4.74 Å². The van der Waals surface area contributed by atoms with E-state index in [2.05, 4.69) is 34.0 Å². The van der Waals surface area contributed by atoms with Gasteiger partial charge in [-0.15, -0.1) is 0 Å². The number of rotatable bonds is 9. The normalized spacial score (nSPS) is 10.9. The molecule has 0 aromatic carbocycles. The summed E-state index contributed by atoms with van der Waals surface area (Å²) in [5.74, 6) is 2.75. The predicted octanol–water partition coefficient (Wildman–Crippen LogP) is 2.72. The molecule has 20 heavy (non-hydrogen) atoms. The van der Waals surface area contributed by atoms with Crippen molar-refractivity contribution in [2.45, 2.75) is 46.6 Å². The second-order valence-corrected chi connectivity index (χ2v) is 5.15. The summed E-state index contributed by atoms with van der Waals surface area (Å²) >= 11 is 0. The Morgan fingerprint density at radius 1 is 1.30 bits per heavy atom. The molecule has 0 fully saturated rings. The van der Waals surface area contributed by atoms with Crippen LogP contribution >= 0.6 is 0 Å². The van der Waals surface area contributed by atoms with Crippen molar-refractivity contribution in [1.29, 1.82) is 0 Å². The third-order valence-corrected chi connectivity index (χ3v) is 2.86. The highest BCUT2D eigenvalue weighted by Gasteiger charge is 2.08. The molecule has 0 atom stereocenters. The average Bonchev–Trinajstić information content (AvgIpc) is 2.38. The van der Waals surface area contributed by atoms with Crippen molar-refractivity contribution in [1.82, 2.24) is 9.97 Å². The minimum absolute atomic E-state index is 0.266. The highest BCUT2D eigenvalue weighted by Crippen LogP contribution is 2.15. The van der Waals surface area contributed by atoms with Crippen molar-refractivity contribution in [3.8, 4) is 0 Å². The van der Waals surface area contributed by atoms with Crippen LogP contribution in [0.2, 0.25) is 0 Å². The van der Waals surface area contributed by atoms with Gasteiger partial charge in [0.2, 0.25) is 0 Å². The van der Waals surface area contributed by atoms with Crippen LogP contribution in [-0.2, 0) is 11.2 Å². The highest BCUT2D eigenvalue weighted by atomic mass is 16.5. The molecule has 0 saturated carbocycles. The van der Waals surface area contributed by atoms with Crippen molar-refractivity contribution in [3.05, 3.63) is 11.9 Å². The summed E-state index contributed by atoms with van der Waals surface area (Å²) in [5.41, 5.74) is 0. The minimum atomic E-state index is 0.266. The fourth-order valence-corrected chi connectivity index (χ4v) is 1.83. The van der Waals surface area contributed by atoms with Gasteiger partial charge in [0.25, 0.3) is 0 Å². The Labute approximate surface area is 122 Å². The zero-order valence-corrected chi connectivity index (χ0v) is 13.4. The summed E-state index contributed by atoms with van der Waals surface area (Å²) in [6.07, 6.45) is 2.22. The molecule has 0 spiro atoms. The van der Waals surface area contributed by atoms with Crippen LogP contribution in [0.1, 0.15) is 39.9 Å². The van der Waals surface area contributed by atoms with Crippen LogP contribution < -0.4 is 10.2 Å². The number of aryl methyl sites for hydroxylation is 1. The minimum Gasteiger partial charge on any atom is -0.377 e. The Balaban J connectivity index is 2.75. The van der Waals surface area contributed by atoms with Crippen LogP contribution in [0.4, 0.5) is 11.6 Å². The molecule has 1 N–H and O–H groups in total. The lowest BCUT2D eigenvalue weighted by atomic mass is 10.3. The number of ether oxygens (including phenoxy) is 1. The smallest absolute Gasteiger partial charge is 0.134 e. The number of aromatic nitrogens is 2. The molecule has 1 aromatic rings. The third-order valence-electron chi connectivity index (χ3n) is 2.86. The van der Waals surface area contributed by atoms with E-state index in [0.29, 0.717) is 6.61 Å². The van der Waals surface area contributed by atoms with Gasteiger partial charge in [-0.05, 0) is 27.2 Å². The maximum absolute atomic E-state index is 5.59. The van der Waals surface area contributed by atoms with Gasteiger partial charge in [-0.1, -0.05) is 6.92 Å². The first kappa shape index (κ1) is 16.7. The van der Waals surface area contributed by atoms with Gasteiger partial charge in [0.05, 0.1) is 12.7 Å². The molecule has 0 unspecified atom stereocenters. The van der Waals surface area contributed by atoms with Crippen molar-refractivity contribution in [3.63, 3.8) is 0 Å². The Morgan fingerprint density at radius 2 is 2.05 bits per heavy atom. The predicted molar refractivity (Wildman–Crippen MR) is 84.5 cm³/mol. The SMILES string of the molecule is CCCc1nc(NCC)cc(N(C)CCOC(C)C)n1. The lowest BCUT2D eigenvalue weighted by Crippen LogP contribution is -2.25. The molecule has 0 aliphatic carbocycles. The molecule has 1 aromatic heterocycles. The number of anilines is 2. The Morgan fingerprint density at radius 3 is 2.65 bits per heavy atom. The molecule has 0 aliphatic heterocycles. The second-order valence-electron chi connectivity index (χ2n) is 5.15. The summed E-state index contributed by atoms with van der Waals surface area (Å²) in [6.45, 7) is 10.7. The molecular formula is C15H28N4O. The topological polar surface area (TPSA) is 50.3 Å². The summed E-state index contributed by atoms with van der Waals surface area (Å²) in [7, 11) is 2.04. The van der Waals surface area contributed by atoms with Gasteiger partial charge in [0.1, 0.15) is 17.5 Å². The average molecular weight is 280 g/mol. The number of hydrogen-bond acceptors (Lipinski definition) is 5.